The van der Waals surface area contributed by atoms with E-state index in [0.29, 0.717) is 0 Å². The zero-order chi connectivity index (χ0) is 15.3. The first-order chi connectivity index (χ1) is 10.1. The van der Waals surface area contributed by atoms with Crippen molar-refractivity contribution in [3.05, 3.63) is 28.5 Å². The lowest BCUT2D eigenvalue weighted by atomic mass is 9.79. The van der Waals surface area contributed by atoms with E-state index < -0.39 is 0 Å². The molecule has 0 bridgehead atoms. The van der Waals surface area contributed by atoms with Gasteiger partial charge in [-0.2, -0.15) is 0 Å². The van der Waals surface area contributed by atoms with E-state index in [9.17, 15) is 0 Å². The second-order valence-corrected chi connectivity index (χ2v) is 7.22. The van der Waals surface area contributed by atoms with Crippen LogP contribution in [0, 0.1) is 0 Å². The number of nitrogens with two attached hydrogens (primary N) is 1. The molecular weight excluding hydrogens is 328 g/mol. The number of rotatable bonds is 5. The summed E-state index contributed by atoms with van der Waals surface area (Å²) in [4.78, 5) is 6.89. The number of pyridine rings is 1. The summed E-state index contributed by atoms with van der Waals surface area (Å²) in [5, 5.41) is 0. The standard InChI is InChI=1S/C16H27BrN4/c1-21(2)16(9-5-3-4-6-10-16)15(20-18)11-14-8-7-13(17)12-19-14/h7-8,12,15,20H,3-6,9-11,18H2,1-2H3. The van der Waals surface area contributed by atoms with Gasteiger partial charge in [0.1, 0.15) is 0 Å². The highest BCUT2D eigenvalue weighted by Crippen LogP contribution is 2.35. The third kappa shape index (κ3) is 4.03. The fraction of sp³-hybridized carbons (Fsp3) is 0.688. The van der Waals surface area contributed by atoms with Gasteiger partial charge in [0.2, 0.25) is 0 Å². The molecule has 1 heterocycles. The molecule has 0 saturated heterocycles. The summed E-state index contributed by atoms with van der Waals surface area (Å²) >= 11 is 3.44. The minimum absolute atomic E-state index is 0.125. The van der Waals surface area contributed by atoms with E-state index >= 15 is 0 Å². The molecular formula is C16H27BrN4. The van der Waals surface area contributed by atoms with E-state index in [1.54, 1.807) is 0 Å². The summed E-state index contributed by atoms with van der Waals surface area (Å²) in [6, 6.07) is 4.35. The molecule has 1 aromatic rings. The Morgan fingerprint density at radius 3 is 2.43 bits per heavy atom. The fourth-order valence-corrected chi connectivity index (χ4v) is 3.82. The Labute approximate surface area is 136 Å². The number of aromatic nitrogens is 1. The zero-order valence-electron chi connectivity index (χ0n) is 13.1. The third-order valence-corrected chi connectivity index (χ3v) is 5.38. The largest absolute Gasteiger partial charge is 0.302 e. The van der Waals surface area contributed by atoms with Crippen molar-refractivity contribution in [2.45, 2.75) is 56.5 Å². The number of hydrazine groups is 1. The predicted molar refractivity (Wildman–Crippen MR) is 90.9 cm³/mol. The van der Waals surface area contributed by atoms with Crippen molar-refractivity contribution >= 4 is 15.9 Å². The average molecular weight is 355 g/mol. The molecule has 21 heavy (non-hydrogen) atoms. The van der Waals surface area contributed by atoms with Gasteiger partial charge in [-0.25, -0.2) is 0 Å². The van der Waals surface area contributed by atoms with Crippen molar-refractivity contribution in [1.82, 2.24) is 15.3 Å². The Kier molecular flexibility index (Phi) is 6.17. The number of hydrogen-bond acceptors (Lipinski definition) is 4. The molecule has 3 N–H and O–H groups in total. The van der Waals surface area contributed by atoms with Crippen LogP contribution in [0.25, 0.3) is 0 Å². The van der Waals surface area contributed by atoms with Crippen LogP contribution in [0.3, 0.4) is 0 Å². The first-order valence-electron chi connectivity index (χ1n) is 7.82. The van der Waals surface area contributed by atoms with Gasteiger partial charge >= 0.3 is 0 Å². The van der Waals surface area contributed by atoms with Crippen LogP contribution in [0.15, 0.2) is 22.8 Å². The molecule has 1 fully saturated rings. The van der Waals surface area contributed by atoms with Crippen molar-refractivity contribution in [3.8, 4) is 0 Å². The molecule has 1 unspecified atom stereocenters. The van der Waals surface area contributed by atoms with Crippen LogP contribution in [0.4, 0.5) is 0 Å². The van der Waals surface area contributed by atoms with Crippen molar-refractivity contribution in [2.75, 3.05) is 14.1 Å². The number of halogens is 1. The van der Waals surface area contributed by atoms with E-state index in [4.69, 9.17) is 5.84 Å². The molecule has 1 aliphatic rings. The molecule has 4 nitrogen and oxygen atoms in total. The number of nitrogens with one attached hydrogen (secondary N) is 1. The predicted octanol–water partition coefficient (Wildman–Crippen LogP) is 2.87. The van der Waals surface area contributed by atoms with Crippen molar-refractivity contribution in [2.24, 2.45) is 5.84 Å². The lowest BCUT2D eigenvalue weighted by molar-refractivity contribution is 0.0797. The minimum Gasteiger partial charge on any atom is -0.302 e. The third-order valence-electron chi connectivity index (χ3n) is 4.91. The van der Waals surface area contributed by atoms with Gasteiger partial charge in [0.25, 0.3) is 0 Å². The van der Waals surface area contributed by atoms with Gasteiger partial charge in [-0.1, -0.05) is 25.7 Å². The van der Waals surface area contributed by atoms with E-state index in [0.717, 1.165) is 16.6 Å². The quantitative estimate of drug-likeness (QED) is 0.485. The van der Waals surface area contributed by atoms with Gasteiger partial charge in [0.05, 0.1) is 0 Å². The molecule has 5 heteroatoms. The summed E-state index contributed by atoms with van der Waals surface area (Å²) in [6.45, 7) is 0. The highest BCUT2D eigenvalue weighted by Gasteiger charge is 2.40. The molecule has 118 valence electrons. The van der Waals surface area contributed by atoms with E-state index in [1.807, 2.05) is 12.3 Å². The Morgan fingerprint density at radius 2 is 1.95 bits per heavy atom. The second kappa shape index (κ2) is 7.68. The Bertz CT molecular complexity index is 424. The van der Waals surface area contributed by atoms with Gasteiger partial charge in [0, 0.05) is 34.4 Å². The second-order valence-electron chi connectivity index (χ2n) is 6.30. The van der Waals surface area contributed by atoms with Crippen LogP contribution in [0.1, 0.15) is 44.2 Å². The van der Waals surface area contributed by atoms with E-state index in [1.165, 1.54) is 38.5 Å². The molecule has 0 amide bonds. The summed E-state index contributed by atoms with van der Waals surface area (Å²) in [6.07, 6.45) is 10.4. The van der Waals surface area contributed by atoms with E-state index in [2.05, 4.69) is 51.4 Å². The molecule has 1 aromatic heterocycles. The van der Waals surface area contributed by atoms with Gasteiger partial charge in [-0.15, -0.1) is 0 Å². The maximum absolute atomic E-state index is 5.94. The molecule has 0 aromatic carbocycles. The molecule has 0 spiro atoms. The average Bonchev–Trinajstić information content (AvgIpc) is 2.73. The topological polar surface area (TPSA) is 54.2 Å². The molecule has 2 rings (SSSR count). The zero-order valence-corrected chi connectivity index (χ0v) is 14.7. The fourth-order valence-electron chi connectivity index (χ4n) is 3.59. The van der Waals surface area contributed by atoms with Crippen LogP contribution < -0.4 is 11.3 Å². The van der Waals surface area contributed by atoms with E-state index in [-0.39, 0.29) is 11.6 Å². The van der Waals surface area contributed by atoms with Crippen LogP contribution in [-0.4, -0.2) is 35.6 Å². The molecule has 1 aliphatic carbocycles. The smallest absolute Gasteiger partial charge is 0.0449 e. The van der Waals surface area contributed by atoms with Crippen molar-refractivity contribution in [3.63, 3.8) is 0 Å². The molecule has 0 radical (unpaired) electrons. The maximum Gasteiger partial charge on any atom is 0.0449 e. The molecule has 1 saturated carbocycles. The van der Waals surface area contributed by atoms with Gasteiger partial charge in [-0.05, 0) is 55.0 Å². The highest BCUT2D eigenvalue weighted by atomic mass is 79.9. The van der Waals surface area contributed by atoms with Crippen LogP contribution in [0.2, 0.25) is 0 Å². The summed E-state index contributed by atoms with van der Waals surface area (Å²) in [5.74, 6) is 5.94. The Hall–Kier alpha value is -0.490. The Morgan fingerprint density at radius 1 is 1.29 bits per heavy atom. The minimum atomic E-state index is 0.125. The summed E-state index contributed by atoms with van der Waals surface area (Å²) in [5.41, 5.74) is 4.31. The van der Waals surface area contributed by atoms with Gasteiger partial charge < -0.3 is 4.90 Å². The van der Waals surface area contributed by atoms with Crippen LogP contribution in [0.5, 0.6) is 0 Å². The van der Waals surface area contributed by atoms with Crippen LogP contribution in [-0.2, 0) is 6.42 Å². The first kappa shape index (κ1) is 16.9. The summed E-state index contributed by atoms with van der Waals surface area (Å²) < 4.78 is 1.01. The molecule has 1 atom stereocenters. The summed E-state index contributed by atoms with van der Waals surface area (Å²) in [7, 11) is 4.37. The lowest BCUT2D eigenvalue weighted by Gasteiger charge is -2.45. The van der Waals surface area contributed by atoms with Crippen molar-refractivity contribution < 1.29 is 0 Å². The number of likely N-dealkylation sites (N-methyl/N-ethyl adjacent to an activating group) is 1. The maximum atomic E-state index is 5.94. The number of hydrogen-bond donors (Lipinski definition) is 2. The number of nitrogens with zero attached hydrogens (tertiary/aromatic N) is 2. The first-order valence-corrected chi connectivity index (χ1v) is 8.62. The normalized spacial score (nSPS) is 20.2. The monoisotopic (exact) mass is 354 g/mol. The van der Waals surface area contributed by atoms with Crippen LogP contribution >= 0.6 is 15.9 Å². The SMILES string of the molecule is CN(C)C1(C(Cc2ccc(Br)cn2)NN)CCCCCC1. The molecule has 0 aliphatic heterocycles. The lowest BCUT2D eigenvalue weighted by Crippen LogP contribution is -2.61. The van der Waals surface area contributed by atoms with Gasteiger partial charge in [0.15, 0.2) is 0 Å². The van der Waals surface area contributed by atoms with Crippen molar-refractivity contribution in [1.29, 1.82) is 0 Å². The highest BCUT2D eigenvalue weighted by molar-refractivity contribution is 9.10. The van der Waals surface area contributed by atoms with Gasteiger partial charge in [-0.3, -0.25) is 16.3 Å². The Balaban J connectivity index is 2.20.